The summed E-state index contributed by atoms with van der Waals surface area (Å²) < 4.78 is 0. The number of phenolic OH excluding ortho intramolecular Hbond substituents is 1. The number of H-pyrrole nitrogens is 1. The number of aromatic nitrogens is 1. The second kappa shape index (κ2) is 7.53. The lowest BCUT2D eigenvalue weighted by Crippen LogP contribution is -2.53. The number of phenols is 1. The molecule has 0 spiro atoms. The van der Waals surface area contributed by atoms with Crippen molar-refractivity contribution in [2.24, 2.45) is 0 Å². The molecule has 7 nitrogen and oxygen atoms in total. The van der Waals surface area contributed by atoms with Crippen molar-refractivity contribution in [1.29, 1.82) is 0 Å². The maximum Gasteiger partial charge on any atom is 0.328 e. The maximum atomic E-state index is 13.6. The van der Waals surface area contributed by atoms with Crippen molar-refractivity contribution in [1.82, 2.24) is 20.1 Å². The molecule has 2 unspecified atom stereocenters. The van der Waals surface area contributed by atoms with Gasteiger partial charge in [-0.15, -0.1) is 0 Å². The number of aromatic hydroxyl groups is 1. The van der Waals surface area contributed by atoms with Crippen LogP contribution in [0.2, 0.25) is 5.02 Å². The Hall–Kier alpha value is -3.03. The first-order valence-corrected chi connectivity index (χ1v) is 11.2. The van der Waals surface area contributed by atoms with Crippen molar-refractivity contribution in [2.45, 2.75) is 31.8 Å². The van der Waals surface area contributed by atoms with Crippen molar-refractivity contribution < 1.29 is 14.7 Å². The Labute approximate surface area is 191 Å². The van der Waals surface area contributed by atoms with E-state index in [-0.39, 0.29) is 17.7 Å². The summed E-state index contributed by atoms with van der Waals surface area (Å²) in [6, 6.07) is 11.6. The molecule has 3 heterocycles. The van der Waals surface area contributed by atoms with Crippen LogP contribution in [0.4, 0.5) is 4.79 Å². The summed E-state index contributed by atoms with van der Waals surface area (Å²) in [6.45, 7) is 5.44. The van der Waals surface area contributed by atoms with Gasteiger partial charge in [-0.25, -0.2) is 4.79 Å². The third kappa shape index (κ3) is 2.99. The summed E-state index contributed by atoms with van der Waals surface area (Å²) in [5.41, 5.74) is 2.43. The van der Waals surface area contributed by atoms with Crippen molar-refractivity contribution in [3.63, 3.8) is 0 Å². The Morgan fingerprint density at radius 2 is 2.06 bits per heavy atom. The Balaban J connectivity index is 1.70. The predicted octanol–water partition coefficient (Wildman–Crippen LogP) is 3.80. The largest absolute Gasteiger partial charge is 0.508 e. The summed E-state index contributed by atoms with van der Waals surface area (Å²) in [6.07, 6.45) is 0.389. The van der Waals surface area contributed by atoms with Crippen LogP contribution in [0.15, 0.2) is 42.5 Å². The van der Waals surface area contributed by atoms with Crippen molar-refractivity contribution >= 4 is 34.4 Å². The zero-order chi connectivity index (χ0) is 22.6. The lowest BCUT2D eigenvalue weighted by Gasteiger charge is -2.42. The number of hydrogen-bond donors (Lipinski definition) is 3. The number of fused-ring (bicyclic) bond motifs is 4. The van der Waals surface area contributed by atoms with E-state index >= 15 is 0 Å². The number of carbonyl (C=O) groups is 2. The first-order chi connectivity index (χ1) is 15.3. The molecule has 2 aliphatic heterocycles. The number of rotatable bonds is 5. The lowest BCUT2D eigenvalue weighted by atomic mass is 9.81. The van der Waals surface area contributed by atoms with Gasteiger partial charge in [0.15, 0.2) is 0 Å². The Morgan fingerprint density at radius 3 is 2.81 bits per heavy atom. The summed E-state index contributed by atoms with van der Waals surface area (Å²) in [5.74, 6) is -0.0926. The third-order valence-electron chi connectivity index (χ3n) is 6.58. The monoisotopic (exact) mass is 452 g/mol. The second-order valence-corrected chi connectivity index (χ2v) is 9.05. The van der Waals surface area contributed by atoms with Gasteiger partial charge < -0.3 is 15.4 Å². The number of benzene rings is 2. The first kappa shape index (κ1) is 20.8. The van der Waals surface area contributed by atoms with Gasteiger partial charge in [0.1, 0.15) is 17.3 Å². The highest BCUT2D eigenvalue weighted by Crippen LogP contribution is 2.49. The maximum absolute atomic E-state index is 13.6. The number of nitrogens with zero attached hydrogens (tertiary/aromatic N) is 2. The summed E-state index contributed by atoms with van der Waals surface area (Å²) in [5, 5.41) is 14.9. The first-order valence-electron chi connectivity index (χ1n) is 10.8. The number of imide groups is 1. The zero-order valence-corrected chi connectivity index (χ0v) is 18.7. The summed E-state index contributed by atoms with van der Waals surface area (Å²) in [4.78, 5) is 33.7. The van der Waals surface area contributed by atoms with Gasteiger partial charge in [-0.3, -0.25) is 14.6 Å². The molecule has 5 rings (SSSR count). The molecular weight excluding hydrogens is 428 g/mol. The van der Waals surface area contributed by atoms with E-state index in [4.69, 9.17) is 11.6 Å². The number of amides is 3. The fourth-order valence-corrected chi connectivity index (χ4v) is 5.26. The van der Waals surface area contributed by atoms with Gasteiger partial charge in [-0.2, -0.15) is 0 Å². The van der Waals surface area contributed by atoms with E-state index in [1.54, 1.807) is 23.1 Å². The predicted molar refractivity (Wildman–Crippen MR) is 123 cm³/mol. The van der Waals surface area contributed by atoms with Crippen LogP contribution in [0.5, 0.6) is 5.75 Å². The molecule has 1 saturated heterocycles. The molecule has 0 saturated carbocycles. The van der Waals surface area contributed by atoms with Crippen LogP contribution < -0.4 is 5.32 Å². The van der Waals surface area contributed by atoms with E-state index in [2.05, 4.69) is 10.3 Å². The molecule has 0 radical (unpaired) electrons. The van der Waals surface area contributed by atoms with E-state index in [1.807, 2.05) is 38.1 Å². The zero-order valence-electron chi connectivity index (χ0n) is 18.0. The van der Waals surface area contributed by atoms with Crippen LogP contribution in [-0.4, -0.2) is 57.0 Å². The van der Waals surface area contributed by atoms with Crippen molar-refractivity contribution in [3.8, 4) is 5.75 Å². The Bertz CT molecular complexity index is 1240. The number of nitrogens with one attached hydrogen (secondary N) is 2. The average molecular weight is 453 g/mol. The molecule has 1 fully saturated rings. The van der Waals surface area contributed by atoms with Crippen LogP contribution in [-0.2, 0) is 11.2 Å². The standard InChI is InChI=1S/C24H25ClN4O3/c1-3-26-9-10-28-22(31)24(2)13-18-17-12-15(25)7-8-19(17)27-20(18)21(29(24)23(28)32)14-5-4-6-16(30)11-14/h4-8,11-12,21,26-27,30H,3,9-10,13H2,1-2H3. The number of aromatic amines is 1. The van der Waals surface area contributed by atoms with Crippen LogP contribution in [0, 0.1) is 0 Å². The minimum Gasteiger partial charge on any atom is -0.508 e. The number of carbonyl (C=O) groups excluding carboxylic acids is 2. The molecule has 0 aliphatic carbocycles. The molecule has 3 amide bonds. The van der Waals surface area contributed by atoms with Gasteiger partial charge in [-0.1, -0.05) is 30.7 Å². The minimum absolute atomic E-state index is 0.109. The number of halogens is 1. The van der Waals surface area contributed by atoms with Gasteiger partial charge >= 0.3 is 6.03 Å². The highest BCUT2D eigenvalue weighted by molar-refractivity contribution is 6.31. The quantitative estimate of drug-likeness (QED) is 0.405. The van der Waals surface area contributed by atoms with E-state index in [9.17, 15) is 14.7 Å². The number of likely N-dealkylation sites (N-methyl/N-ethyl adjacent to an activating group) is 1. The molecule has 3 N–H and O–H groups in total. The summed E-state index contributed by atoms with van der Waals surface area (Å²) in [7, 11) is 0. The Morgan fingerprint density at radius 1 is 1.25 bits per heavy atom. The molecule has 2 atom stereocenters. The smallest absolute Gasteiger partial charge is 0.328 e. The normalized spacial score (nSPS) is 22.5. The average Bonchev–Trinajstić information content (AvgIpc) is 3.20. The van der Waals surface area contributed by atoms with Gasteiger partial charge in [0, 0.05) is 41.1 Å². The SMILES string of the molecule is CCNCCN1C(=O)N2C(c3cccc(O)c3)c3[nH]c4ccc(Cl)cc4c3CC2(C)C1=O. The molecule has 2 aromatic carbocycles. The van der Waals surface area contributed by atoms with Crippen molar-refractivity contribution in [2.75, 3.05) is 19.6 Å². The molecule has 166 valence electrons. The lowest BCUT2D eigenvalue weighted by molar-refractivity contribution is -0.133. The fraction of sp³-hybridized carbons (Fsp3) is 0.333. The number of hydrogen-bond acceptors (Lipinski definition) is 4. The van der Waals surface area contributed by atoms with E-state index in [0.717, 1.165) is 34.3 Å². The highest BCUT2D eigenvalue weighted by Gasteiger charge is 2.60. The van der Waals surface area contributed by atoms with Crippen molar-refractivity contribution in [3.05, 3.63) is 64.3 Å². The van der Waals surface area contributed by atoms with Gasteiger partial charge in [0.25, 0.3) is 5.91 Å². The third-order valence-corrected chi connectivity index (χ3v) is 6.81. The molecule has 2 aliphatic rings. The summed E-state index contributed by atoms with van der Waals surface area (Å²) >= 11 is 6.29. The molecular formula is C24H25ClN4O3. The topological polar surface area (TPSA) is 88.7 Å². The van der Waals surface area contributed by atoms with Crippen LogP contribution in [0.3, 0.4) is 0 Å². The van der Waals surface area contributed by atoms with E-state index in [1.165, 1.54) is 4.90 Å². The van der Waals surface area contributed by atoms with E-state index in [0.29, 0.717) is 24.5 Å². The fourth-order valence-electron chi connectivity index (χ4n) is 5.09. The molecule has 1 aromatic heterocycles. The van der Waals surface area contributed by atoms with Crippen LogP contribution in [0.1, 0.15) is 36.7 Å². The number of urea groups is 1. The molecule has 3 aromatic rings. The second-order valence-electron chi connectivity index (χ2n) is 8.62. The molecule has 0 bridgehead atoms. The molecule has 32 heavy (non-hydrogen) atoms. The van der Waals surface area contributed by atoms with Crippen LogP contribution >= 0.6 is 11.6 Å². The molecule has 8 heteroatoms. The van der Waals surface area contributed by atoms with Gasteiger partial charge in [-0.05, 0) is 54.9 Å². The van der Waals surface area contributed by atoms with E-state index < -0.39 is 11.6 Å². The minimum atomic E-state index is -1.04. The Kier molecular flexibility index (Phi) is 4.91. The van der Waals surface area contributed by atoms with Gasteiger partial charge in [0.2, 0.25) is 0 Å². The van der Waals surface area contributed by atoms with Crippen LogP contribution in [0.25, 0.3) is 10.9 Å². The van der Waals surface area contributed by atoms with Gasteiger partial charge in [0.05, 0.1) is 0 Å². The highest BCUT2D eigenvalue weighted by atomic mass is 35.5.